The van der Waals surface area contributed by atoms with E-state index in [0.717, 1.165) is 12.8 Å². The molecule has 2 N–H and O–H groups in total. The SMILES string of the molecule is COCCN(C1CC1)S(=O)(=O)c1ccc(Cl)c(N)c1Cl. The van der Waals surface area contributed by atoms with Gasteiger partial charge in [0.1, 0.15) is 4.90 Å². The molecule has 0 radical (unpaired) electrons. The molecule has 0 saturated heterocycles. The molecule has 0 amide bonds. The van der Waals surface area contributed by atoms with Crippen molar-refractivity contribution < 1.29 is 13.2 Å². The van der Waals surface area contributed by atoms with Gasteiger partial charge in [-0.1, -0.05) is 23.2 Å². The van der Waals surface area contributed by atoms with Crippen molar-refractivity contribution in [1.29, 1.82) is 0 Å². The lowest BCUT2D eigenvalue weighted by atomic mass is 10.3. The summed E-state index contributed by atoms with van der Waals surface area (Å²) in [4.78, 5) is -0.0101. The largest absolute Gasteiger partial charge is 0.396 e. The third-order valence-corrected chi connectivity index (χ3v) is 5.99. The van der Waals surface area contributed by atoms with Crippen molar-refractivity contribution in [2.45, 2.75) is 23.8 Å². The van der Waals surface area contributed by atoms with Crippen LogP contribution in [0.5, 0.6) is 0 Å². The standard InChI is InChI=1S/C12H16Cl2N2O3S/c1-19-7-6-16(8-2-3-8)20(17,18)10-5-4-9(13)12(15)11(10)14/h4-5,8H,2-3,6-7,15H2,1H3. The molecule has 1 aromatic rings. The summed E-state index contributed by atoms with van der Waals surface area (Å²) in [6, 6.07) is 2.85. The van der Waals surface area contributed by atoms with Crippen LogP contribution in [0.4, 0.5) is 5.69 Å². The summed E-state index contributed by atoms with van der Waals surface area (Å²) in [6.07, 6.45) is 1.70. The Hall–Kier alpha value is -0.530. The first-order valence-electron chi connectivity index (χ1n) is 6.14. The van der Waals surface area contributed by atoms with Gasteiger partial charge in [-0.3, -0.25) is 0 Å². The number of nitrogen functional groups attached to an aromatic ring is 1. The van der Waals surface area contributed by atoms with E-state index in [1.807, 2.05) is 0 Å². The van der Waals surface area contributed by atoms with Crippen molar-refractivity contribution in [3.63, 3.8) is 0 Å². The van der Waals surface area contributed by atoms with E-state index in [1.54, 1.807) is 0 Å². The quantitative estimate of drug-likeness (QED) is 0.808. The maximum absolute atomic E-state index is 12.7. The predicted molar refractivity (Wildman–Crippen MR) is 79.7 cm³/mol. The van der Waals surface area contributed by atoms with Crippen molar-refractivity contribution in [3.05, 3.63) is 22.2 Å². The van der Waals surface area contributed by atoms with Gasteiger partial charge in [-0.05, 0) is 25.0 Å². The second kappa shape index (κ2) is 6.07. The van der Waals surface area contributed by atoms with Gasteiger partial charge in [-0.2, -0.15) is 4.31 Å². The molecule has 1 fully saturated rings. The van der Waals surface area contributed by atoms with Crippen LogP contribution in [0, 0.1) is 0 Å². The average molecular weight is 339 g/mol. The summed E-state index contributed by atoms with van der Waals surface area (Å²) in [5.74, 6) is 0. The monoisotopic (exact) mass is 338 g/mol. The summed E-state index contributed by atoms with van der Waals surface area (Å²) in [7, 11) is -2.16. The molecule has 0 spiro atoms. The molecule has 0 aliphatic heterocycles. The van der Waals surface area contributed by atoms with Crippen LogP contribution in [-0.2, 0) is 14.8 Å². The highest BCUT2D eigenvalue weighted by molar-refractivity contribution is 7.89. The van der Waals surface area contributed by atoms with E-state index in [-0.39, 0.29) is 26.7 Å². The fourth-order valence-corrected chi connectivity index (χ4v) is 4.33. The predicted octanol–water partition coefficient (Wildman–Crippen LogP) is 2.38. The maximum Gasteiger partial charge on any atom is 0.244 e. The van der Waals surface area contributed by atoms with E-state index in [9.17, 15) is 8.42 Å². The molecule has 1 aromatic carbocycles. The highest BCUT2D eigenvalue weighted by Crippen LogP contribution is 2.38. The zero-order valence-corrected chi connectivity index (χ0v) is 13.3. The number of sulfonamides is 1. The molecule has 1 saturated carbocycles. The van der Waals surface area contributed by atoms with E-state index >= 15 is 0 Å². The second-order valence-corrected chi connectivity index (χ2v) is 7.26. The summed E-state index contributed by atoms with van der Waals surface area (Å²) in [5, 5.41) is 0.212. The van der Waals surface area contributed by atoms with Crippen LogP contribution in [0.3, 0.4) is 0 Å². The van der Waals surface area contributed by atoms with Gasteiger partial charge in [0.05, 0.1) is 22.3 Å². The topological polar surface area (TPSA) is 72.6 Å². The average Bonchev–Trinajstić information content (AvgIpc) is 3.20. The number of anilines is 1. The van der Waals surface area contributed by atoms with Gasteiger partial charge >= 0.3 is 0 Å². The third-order valence-electron chi connectivity index (χ3n) is 3.15. The molecular weight excluding hydrogens is 323 g/mol. The van der Waals surface area contributed by atoms with Crippen molar-refractivity contribution in [2.75, 3.05) is 26.0 Å². The van der Waals surface area contributed by atoms with Gasteiger partial charge in [0, 0.05) is 19.7 Å². The minimum absolute atomic E-state index is 0.0101. The molecule has 1 aliphatic rings. The first kappa shape index (κ1) is 15.9. The normalized spacial score (nSPS) is 15.8. The Kier molecular flexibility index (Phi) is 4.81. The zero-order chi connectivity index (χ0) is 14.9. The van der Waals surface area contributed by atoms with Crippen LogP contribution < -0.4 is 5.73 Å². The van der Waals surface area contributed by atoms with Gasteiger partial charge < -0.3 is 10.5 Å². The lowest BCUT2D eigenvalue weighted by Crippen LogP contribution is -2.36. The van der Waals surface area contributed by atoms with Gasteiger partial charge in [0.25, 0.3) is 0 Å². The molecule has 0 heterocycles. The van der Waals surface area contributed by atoms with Crippen LogP contribution in [0.1, 0.15) is 12.8 Å². The number of nitrogens with zero attached hydrogens (tertiary/aromatic N) is 1. The molecule has 0 aromatic heterocycles. The Labute approximate surface area is 128 Å². The zero-order valence-electron chi connectivity index (χ0n) is 11.0. The Bertz CT molecular complexity index is 603. The first-order valence-corrected chi connectivity index (χ1v) is 8.33. The molecule has 0 atom stereocenters. The van der Waals surface area contributed by atoms with Crippen LogP contribution in [0.2, 0.25) is 10.0 Å². The number of nitrogens with two attached hydrogens (primary N) is 1. The minimum Gasteiger partial charge on any atom is -0.396 e. The van der Waals surface area contributed by atoms with Crippen LogP contribution in [0.15, 0.2) is 17.0 Å². The molecular formula is C12H16Cl2N2O3S. The Balaban J connectivity index is 2.40. The smallest absolute Gasteiger partial charge is 0.244 e. The number of halogens is 2. The van der Waals surface area contributed by atoms with Gasteiger partial charge in [-0.15, -0.1) is 0 Å². The molecule has 5 nitrogen and oxygen atoms in total. The van der Waals surface area contributed by atoms with E-state index in [1.165, 1.54) is 23.5 Å². The fraction of sp³-hybridized carbons (Fsp3) is 0.500. The summed E-state index contributed by atoms with van der Waals surface area (Å²) < 4.78 is 31.8. The third kappa shape index (κ3) is 3.04. The van der Waals surface area contributed by atoms with Crippen LogP contribution in [-0.4, -0.2) is 39.0 Å². The number of rotatable bonds is 6. The summed E-state index contributed by atoms with van der Waals surface area (Å²) in [6.45, 7) is 0.624. The molecule has 2 rings (SSSR count). The Morgan fingerprint density at radius 3 is 2.60 bits per heavy atom. The Morgan fingerprint density at radius 2 is 2.05 bits per heavy atom. The van der Waals surface area contributed by atoms with E-state index in [4.69, 9.17) is 33.7 Å². The minimum atomic E-state index is -3.70. The maximum atomic E-state index is 12.7. The van der Waals surface area contributed by atoms with E-state index in [0.29, 0.717) is 13.2 Å². The number of benzene rings is 1. The number of methoxy groups -OCH3 is 1. The van der Waals surface area contributed by atoms with Gasteiger partial charge in [0.15, 0.2) is 0 Å². The van der Waals surface area contributed by atoms with Crippen molar-refractivity contribution in [2.24, 2.45) is 0 Å². The molecule has 1 aliphatic carbocycles. The van der Waals surface area contributed by atoms with Gasteiger partial charge in [0.2, 0.25) is 10.0 Å². The molecule has 20 heavy (non-hydrogen) atoms. The number of hydrogen-bond acceptors (Lipinski definition) is 4. The lowest BCUT2D eigenvalue weighted by molar-refractivity contribution is 0.177. The molecule has 8 heteroatoms. The Morgan fingerprint density at radius 1 is 1.40 bits per heavy atom. The molecule has 0 unspecified atom stereocenters. The number of hydrogen-bond donors (Lipinski definition) is 1. The highest BCUT2D eigenvalue weighted by atomic mass is 35.5. The van der Waals surface area contributed by atoms with Crippen molar-refractivity contribution in [1.82, 2.24) is 4.31 Å². The highest BCUT2D eigenvalue weighted by Gasteiger charge is 2.39. The van der Waals surface area contributed by atoms with E-state index < -0.39 is 10.0 Å². The van der Waals surface area contributed by atoms with Crippen LogP contribution >= 0.6 is 23.2 Å². The molecule has 112 valence electrons. The summed E-state index contributed by atoms with van der Waals surface area (Å²) >= 11 is 11.9. The molecule has 0 bridgehead atoms. The van der Waals surface area contributed by atoms with Crippen molar-refractivity contribution >= 4 is 38.9 Å². The van der Waals surface area contributed by atoms with Crippen molar-refractivity contribution in [3.8, 4) is 0 Å². The summed E-state index contributed by atoms with van der Waals surface area (Å²) in [5.41, 5.74) is 5.78. The fourth-order valence-electron chi connectivity index (χ4n) is 1.92. The van der Waals surface area contributed by atoms with E-state index in [2.05, 4.69) is 0 Å². The number of ether oxygens (including phenoxy) is 1. The lowest BCUT2D eigenvalue weighted by Gasteiger charge is -2.22. The first-order chi connectivity index (χ1) is 9.39. The second-order valence-electron chi connectivity index (χ2n) is 4.61. The van der Waals surface area contributed by atoms with Crippen LogP contribution in [0.25, 0.3) is 0 Å². The van der Waals surface area contributed by atoms with Gasteiger partial charge in [-0.25, -0.2) is 8.42 Å².